The lowest BCUT2D eigenvalue weighted by atomic mass is 10.6. The van der Waals surface area contributed by atoms with Crippen molar-refractivity contribution in [3.63, 3.8) is 0 Å². The van der Waals surface area contributed by atoms with Crippen molar-refractivity contribution in [3.05, 3.63) is 12.2 Å². The van der Waals surface area contributed by atoms with Crippen molar-refractivity contribution in [2.75, 3.05) is 12.8 Å². The molecular weight excluding hydrogens is 106 g/mol. The summed E-state index contributed by atoms with van der Waals surface area (Å²) in [5.41, 5.74) is 0. The van der Waals surface area contributed by atoms with Gasteiger partial charge in [-0.15, -0.1) is 11.8 Å². The zero-order valence-electron chi connectivity index (χ0n) is 4.22. The lowest BCUT2D eigenvalue weighted by molar-refractivity contribution is 1.29. The Balaban J connectivity index is 2.52. The average Bonchev–Trinajstić information content (AvgIpc) is 2.14. The minimum atomic E-state index is 0.885. The molecule has 0 saturated heterocycles. The van der Waals surface area contributed by atoms with Crippen LogP contribution in [0.5, 0.6) is 0 Å². The van der Waals surface area contributed by atoms with Gasteiger partial charge in [-0.1, -0.05) is 6.08 Å². The van der Waals surface area contributed by atoms with Gasteiger partial charge in [-0.3, -0.25) is 4.99 Å². The van der Waals surface area contributed by atoms with Crippen LogP contribution in [0.1, 0.15) is 0 Å². The molecule has 0 aliphatic carbocycles. The van der Waals surface area contributed by atoms with Crippen molar-refractivity contribution in [1.82, 2.24) is 0 Å². The molecule has 0 saturated carbocycles. The highest BCUT2D eigenvalue weighted by molar-refractivity contribution is 8.13. The number of thioether (sulfide) groups is 1. The first-order valence-electron chi connectivity index (χ1n) is 2.18. The number of nitrogens with zero attached hydrogens (tertiary/aromatic N) is 1. The van der Waals surface area contributed by atoms with E-state index in [9.17, 15) is 0 Å². The van der Waals surface area contributed by atoms with Crippen LogP contribution in [0.3, 0.4) is 0 Å². The summed E-state index contributed by atoms with van der Waals surface area (Å²) in [6.45, 7) is 0.885. The molecule has 0 N–H and O–H groups in total. The topological polar surface area (TPSA) is 12.4 Å². The molecule has 0 bridgehead atoms. The summed E-state index contributed by atoms with van der Waals surface area (Å²) in [5.74, 6) is 0. The molecule has 0 aromatic heterocycles. The van der Waals surface area contributed by atoms with Crippen LogP contribution in [0, 0.1) is 0 Å². The molecular formula is C5H7NS. The highest BCUT2D eigenvalue weighted by atomic mass is 32.2. The maximum absolute atomic E-state index is 4.12. The van der Waals surface area contributed by atoms with Crippen molar-refractivity contribution < 1.29 is 0 Å². The normalized spacial score (nSPS) is 17.6. The number of hydrogen-bond acceptors (Lipinski definition) is 2. The highest BCUT2D eigenvalue weighted by Gasteiger charge is 1.92. The zero-order chi connectivity index (χ0) is 5.11. The molecule has 7 heavy (non-hydrogen) atoms. The summed E-state index contributed by atoms with van der Waals surface area (Å²) in [4.78, 5) is 4.12. The Morgan fingerprint density at radius 3 is 3.00 bits per heavy atom. The van der Waals surface area contributed by atoms with Gasteiger partial charge in [0.05, 0.1) is 11.6 Å². The standard InChI is InChI=1S/C5H7NS/c1-7-5-3-2-4-6-5/h2-3H,4H2,1H3. The fraction of sp³-hybridized carbons (Fsp3) is 0.400. The van der Waals surface area contributed by atoms with Crippen molar-refractivity contribution in [3.8, 4) is 0 Å². The van der Waals surface area contributed by atoms with Crippen LogP contribution >= 0.6 is 11.8 Å². The summed E-state index contributed by atoms with van der Waals surface area (Å²) in [5, 5.41) is 1.15. The van der Waals surface area contributed by atoms with E-state index < -0.39 is 0 Å². The molecule has 0 aromatic carbocycles. The molecule has 1 rings (SSSR count). The van der Waals surface area contributed by atoms with Crippen molar-refractivity contribution in [2.45, 2.75) is 0 Å². The first kappa shape index (κ1) is 4.91. The fourth-order valence-corrected chi connectivity index (χ4v) is 0.917. The van der Waals surface area contributed by atoms with Crippen LogP contribution in [-0.4, -0.2) is 17.8 Å². The van der Waals surface area contributed by atoms with E-state index in [1.807, 2.05) is 12.3 Å². The molecule has 38 valence electrons. The van der Waals surface area contributed by atoms with Gasteiger partial charge in [0.25, 0.3) is 0 Å². The maximum Gasteiger partial charge on any atom is 0.0902 e. The molecule has 0 atom stereocenters. The van der Waals surface area contributed by atoms with Gasteiger partial charge in [-0.2, -0.15) is 0 Å². The van der Waals surface area contributed by atoms with E-state index in [0.29, 0.717) is 0 Å². The van der Waals surface area contributed by atoms with E-state index in [2.05, 4.69) is 11.1 Å². The van der Waals surface area contributed by atoms with E-state index in [1.165, 1.54) is 0 Å². The van der Waals surface area contributed by atoms with Gasteiger partial charge in [0.1, 0.15) is 0 Å². The fourth-order valence-electron chi connectivity index (χ4n) is 0.481. The summed E-state index contributed by atoms with van der Waals surface area (Å²) in [7, 11) is 0. The van der Waals surface area contributed by atoms with E-state index in [4.69, 9.17) is 0 Å². The molecule has 0 radical (unpaired) electrons. The smallest absolute Gasteiger partial charge is 0.0902 e. The van der Waals surface area contributed by atoms with Crippen LogP contribution in [0.25, 0.3) is 0 Å². The second kappa shape index (κ2) is 2.17. The molecule has 0 aromatic rings. The Labute approximate surface area is 47.5 Å². The Kier molecular flexibility index (Phi) is 1.52. The van der Waals surface area contributed by atoms with Crippen LogP contribution in [0.15, 0.2) is 17.1 Å². The van der Waals surface area contributed by atoms with Crippen LogP contribution < -0.4 is 0 Å². The third-order valence-corrected chi connectivity index (χ3v) is 1.51. The van der Waals surface area contributed by atoms with Crippen LogP contribution in [0.4, 0.5) is 0 Å². The average molecular weight is 113 g/mol. The van der Waals surface area contributed by atoms with Gasteiger partial charge in [0.2, 0.25) is 0 Å². The first-order chi connectivity index (χ1) is 3.43. The molecule has 1 heterocycles. The van der Waals surface area contributed by atoms with E-state index >= 15 is 0 Å². The zero-order valence-corrected chi connectivity index (χ0v) is 5.03. The van der Waals surface area contributed by atoms with Crippen molar-refractivity contribution in [2.24, 2.45) is 4.99 Å². The molecule has 1 nitrogen and oxygen atoms in total. The van der Waals surface area contributed by atoms with Crippen molar-refractivity contribution in [1.29, 1.82) is 0 Å². The van der Waals surface area contributed by atoms with Crippen LogP contribution in [0.2, 0.25) is 0 Å². The third kappa shape index (κ3) is 1.06. The molecule has 2 heteroatoms. The van der Waals surface area contributed by atoms with Gasteiger partial charge in [-0.05, 0) is 12.3 Å². The number of rotatable bonds is 0. The molecule has 1 aliphatic heterocycles. The predicted molar refractivity (Wildman–Crippen MR) is 35.0 cm³/mol. The van der Waals surface area contributed by atoms with Gasteiger partial charge >= 0.3 is 0 Å². The SMILES string of the molecule is CSC1=NCC=C1. The predicted octanol–water partition coefficient (Wildman–Crippen LogP) is 1.32. The summed E-state index contributed by atoms with van der Waals surface area (Å²) in [6, 6.07) is 0. The maximum atomic E-state index is 4.12. The first-order valence-corrected chi connectivity index (χ1v) is 3.41. The second-order valence-corrected chi connectivity index (χ2v) is 2.11. The lowest BCUT2D eigenvalue weighted by Crippen LogP contribution is -1.76. The van der Waals surface area contributed by atoms with Crippen LogP contribution in [-0.2, 0) is 0 Å². The molecule has 0 amide bonds. The quantitative estimate of drug-likeness (QED) is 0.461. The Bertz CT molecular complexity index is 115. The number of aliphatic imine (C=N–C) groups is 1. The minimum absolute atomic E-state index is 0.885. The van der Waals surface area contributed by atoms with E-state index in [-0.39, 0.29) is 0 Å². The monoisotopic (exact) mass is 113 g/mol. The van der Waals surface area contributed by atoms with E-state index in [0.717, 1.165) is 11.6 Å². The summed E-state index contributed by atoms with van der Waals surface area (Å²) in [6.07, 6.45) is 6.14. The van der Waals surface area contributed by atoms with Gasteiger partial charge in [0.15, 0.2) is 0 Å². The number of hydrogen-bond donors (Lipinski definition) is 0. The highest BCUT2D eigenvalue weighted by Crippen LogP contribution is 2.04. The molecule has 0 spiro atoms. The molecule has 0 unspecified atom stereocenters. The summed E-state index contributed by atoms with van der Waals surface area (Å²) >= 11 is 1.70. The molecule has 0 fully saturated rings. The summed E-state index contributed by atoms with van der Waals surface area (Å²) < 4.78 is 0. The second-order valence-electron chi connectivity index (χ2n) is 1.29. The van der Waals surface area contributed by atoms with Gasteiger partial charge < -0.3 is 0 Å². The van der Waals surface area contributed by atoms with E-state index in [1.54, 1.807) is 11.8 Å². The lowest BCUT2D eigenvalue weighted by Gasteiger charge is -1.82. The van der Waals surface area contributed by atoms with Gasteiger partial charge in [-0.25, -0.2) is 0 Å². The Morgan fingerprint density at radius 2 is 2.71 bits per heavy atom. The Hall–Kier alpha value is -0.240. The largest absolute Gasteiger partial charge is 0.274 e. The minimum Gasteiger partial charge on any atom is -0.274 e. The molecule has 1 aliphatic rings. The van der Waals surface area contributed by atoms with Crippen molar-refractivity contribution >= 4 is 16.8 Å². The van der Waals surface area contributed by atoms with Gasteiger partial charge in [0, 0.05) is 0 Å². The third-order valence-electron chi connectivity index (χ3n) is 0.822. The Morgan fingerprint density at radius 1 is 1.86 bits per heavy atom.